The zero-order valence-electron chi connectivity index (χ0n) is 14.6. The van der Waals surface area contributed by atoms with E-state index in [4.69, 9.17) is 9.47 Å². The van der Waals surface area contributed by atoms with Gasteiger partial charge in [0.25, 0.3) is 0 Å². The van der Waals surface area contributed by atoms with Gasteiger partial charge in [-0.2, -0.15) is 0 Å². The van der Waals surface area contributed by atoms with Crippen LogP contribution in [0, 0.1) is 17.8 Å². The van der Waals surface area contributed by atoms with Gasteiger partial charge in [-0.1, -0.05) is 45.3 Å². The second kappa shape index (κ2) is 5.87. The van der Waals surface area contributed by atoms with Gasteiger partial charge in [-0.15, -0.1) is 0 Å². The molecule has 0 aromatic heterocycles. The normalized spacial score (nSPS) is 38.2. The van der Waals surface area contributed by atoms with E-state index in [9.17, 15) is 9.59 Å². The second-order valence-electron chi connectivity index (χ2n) is 8.18. The van der Waals surface area contributed by atoms with Crippen LogP contribution in [-0.2, 0) is 19.1 Å². The molecule has 0 radical (unpaired) electrons. The summed E-state index contributed by atoms with van der Waals surface area (Å²) in [5.41, 5.74) is -0.597. The number of carbonyl (C=O) groups excluding carboxylic acids is 2. The number of amides is 1. The molecule has 5 nitrogen and oxygen atoms in total. The van der Waals surface area contributed by atoms with E-state index in [1.807, 2.05) is 30.9 Å². The Kier molecular flexibility index (Phi) is 3.94. The van der Waals surface area contributed by atoms with Crippen LogP contribution in [0.4, 0.5) is 0 Å². The van der Waals surface area contributed by atoms with Crippen LogP contribution < -0.4 is 0 Å². The molecule has 4 aliphatic rings. The van der Waals surface area contributed by atoms with Gasteiger partial charge in [0.1, 0.15) is 11.5 Å². The topological polar surface area (TPSA) is 55.8 Å². The van der Waals surface area contributed by atoms with Gasteiger partial charge in [-0.05, 0) is 18.8 Å². The second-order valence-corrected chi connectivity index (χ2v) is 8.18. The van der Waals surface area contributed by atoms with Crippen LogP contribution in [0.3, 0.4) is 0 Å². The van der Waals surface area contributed by atoms with E-state index in [1.54, 1.807) is 0 Å². The molecular weight excluding hydrogens is 306 g/mol. The van der Waals surface area contributed by atoms with Crippen molar-refractivity contribution in [2.24, 2.45) is 17.8 Å². The van der Waals surface area contributed by atoms with E-state index < -0.39 is 17.4 Å². The number of esters is 1. The van der Waals surface area contributed by atoms with Crippen molar-refractivity contribution >= 4 is 11.9 Å². The maximum atomic E-state index is 13.1. The molecule has 3 fully saturated rings. The third kappa shape index (κ3) is 2.40. The maximum Gasteiger partial charge on any atom is 0.312 e. The van der Waals surface area contributed by atoms with Crippen molar-refractivity contribution in [1.29, 1.82) is 0 Å². The number of hydrogen-bond acceptors (Lipinski definition) is 4. The minimum atomic E-state index is -0.597. The Labute approximate surface area is 143 Å². The van der Waals surface area contributed by atoms with Crippen molar-refractivity contribution in [3.63, 3.8) is 0 Å². The summed E-state index contributed by atoms with van der Waals surface area (Å²) >= 11 is 0. The summed E-state index contributed by atoms with van der Waals surface area (Å²) in [5.74, 6) is -0.760. The lowest BCUT2D eigenvalue weighted by molar-refractivity contribution is -0.155. The van der Waals surface area contributed by atoms with Crippen molar-refractivity contribution < 1.29 is 19.1 Å². The smallest absolute Gasteiger partial charge is 0.312 e. The Morgan fingerprint density at radius 3 is 2.83 bits per heavy atom. The van der Waals surface area contributed by atoms with E-state index in [0.29, 0.717) is 19.2 Å². The lowest BCUT2D eigenvalue weighted by atomic mass is 9.77. The van der Waals surface area contributed by atoms with Crippen LogP contribution in [-0.4, -0.2) is 47.7 Å². The Morgan fingerprint density at radius 2 is 2.12 bits per heavy atom. The zero-order chi connectivity index (χ0) is 16.9. The van der Waals surface area contributed by atoms with Gasteiger partial charge in [-0.25, -0.2) is 0 Å². The minimum Gasteiger partial charge on any atom is -0.465 e. The van der Waals surface area contributed by atoms with Crippen LogP contribution in [0.2, 0.25) is 0 Å². The summed E-state index contributed by atoms with van der Waals surface area (Å²) in [6.07, 6.45) is 9.46. The van der Waals surface area contributed by atoms with E-state index in [-0.39, 0.29) is 23.9 Å². The van der Waals surface area contributed by atoms with Crippen LogP contribution in [0.15, 0.2) is 12.2 Å². The van der Waals surface area contributed by atoms with Gasteiger partial charge >= 0.3 is 5.97 Å². The van der Waals surface area contributed by atoms with Crippen molar-refractivity contribution in [2.45, 2.75) is 63.7 Å². The zero-order valence-corrected chi connectivity index (χ0v) is 14.6. The molecule has 1 aliphatic carbocycles. The molecule has 24 heavy (non-hydrogen) atoms. The summed E-state index contributed by atoms with van der Waals surface area (Å²) in [6.45, 7) is 5.02. The van der Waals surface area contributed by atoms with Gasteiger partial charge < -0.3 is 14.4 Å². The Balaban J connectivity index is 1.54. The monoisotopic (exact) mass is 333 g/mol. The highest BCUT2D eigenvalue weighted by Crippen LogP contribution is 2.53. The first-order valence-electron chi connectivity index (χ1n) is 9.36. The van der Waals surface area contributed by atoms with Crippen molar-refractivity contribution in [3.05, 3.63) is 12.2 Å². The fourth-order valence-corrected chi connectivity index (χ4v) is 4.84. The van der Waals surface area contributed by atoms with Gasteiger partial charge in [0.2, 0.25) is 5.91 Å². The van der Waals surface area contributed by atoms with Crippen molar-refractivity contribution in [1.82, 2.24) is 4.90 Å². The number of hydrogen-bond donors (Lipinski definition) is 0. The molecule has 4 rings (SSSR count). The number of fused-ring (bicyclic) bond motifs is 1. The van der Waals surface area contributed by atoms with E-state index in [0.717, 1.165) is 12.8 Å². The van der Waals surface area contributed by atoms with Gasteiger partial charge in [-0.3, -0.25) is 9.59 Å². The SMILES string of the molecule is CC(C)COC(=O)[C@@H]1[C@H]2C(=O)N(C3CCCCC3)C[C@]23C=C[C@H]1O3. The van der Waals surface area contributed by atoms with Crippen LogP contribution >= 0.6 is 0 Å². The average molecular weight is 333 g/mol. The van der Waals surface area contributed by atoms with E-state index >= 15 is 0 Å². The quantitative estimate of drug-likeness (QED) is 0.585. The fourth-order valence-electron chi connectivity index (χ4n) is 4.84. The predicted molar refractivity (Wildman–Crippen MR) is 88.1 cm³/mol. The molecule has 0 unspecified atom stereocenters. The molecule has 1 amide bonds. The predicted octanol–water partition coefficient (Wildman–Crippen LogP) is 2.30. The third-order valence-electron chi connectivity index (χ3n) is 5.98. The van der Waals surface area contributed by atoms with Crippen LogP contribution in [0.5, 0.6) is 0 Å². The molecule has 0 aromatic carbocycles. The number of rotatable bonds is 4. The molecule has 0 aromatic rings. The molecule has 132 valence electrons. The molecule has 0 N–H and O–H groups in total. The molecule has 3 heterocycles. The molecule has 2 bridgehead atoms. The lowest BCUT2D eigenvalue weighted by Crippen LogP contribution is -2.42. The molecule has 4 atom stereocenters. The number of nitrogens with zero attached hydrogens (tertiary/aromatic N) is 1. The first-order valence-corrected chi connectivity index (χ1v) is 9.36. The standard InChI is InChI=1S/C19H27NO4/c1-12(2)10-23-18(22)15-14-8-9-19(24-14)11-20(17(21)16(15)19)13-6-4-3-5-7-13/h8-9,12-16H,3-7,10-11H2,1-2H3/t14-,15+,16+,19-/m1/s1. The summed E-state index contributed by atoms with van der Waals surface area (Å²) in [4.78, 5) is 27.7. The van der Waals surface area contributed by atoms with Crippen LogP contribution in [0.25, 0.3) is 0 Å². The van der Waals surface area contributed by atoms with Gasteiger partial charge in [0.15, 0.2) is 0 Å². The van der Waals surface area contributed by atoms with Gasteiger partial charge in [0.05, 0.1) is 25.2 Å². The summed E-state index contributed by atoms with van der Waals surface area (Å²) < 4.78 is 11.6. The molecule has 1 spiro atoms. The van der Waals surface area contributed by atoms with Crippen molar-refractivity contribution in [3.8, 4) is 0 Å². The molecule has 5 heteroatoms. The largest absolute Gasteiger partial charge is 0.465 e. The lowest BCUT2D eigenvalue weighted by Gasteiger charge is -2.32. The highest BCUT2D eigenvalue weighted by atomic mass is 16.6. The first-order chi connectivity index (χ1) is 11.5. The molecule has 2 saturated heterocycles. The molecular formula is C19H27NO4. The van der Waals surface area contributed by atoms with E-state index in [1.165, 1.54) is 19.3 Å². The number of ether oxygens (including phenoxy) is 2. The summed E-state index contributed by atoms with van der Waals surface area (Å²) in [7, 11) is 0. The van der Waals surface area contributed by atoms with Gasteiger partial charge in [0, 0.05) is 6.04 Å². The Bertz CT molecular complexity index is 566. The molecule has 3 aliphatic heterocycles. The third-order valence-corrected chi connectivity index (χ3v) is 5.98. The highest BCUT2D eigenvalue weighted by molar-refractivity contribution is 5.91. The molecule has 1 saturated carbocycles. The number of carbonyl (C=O) groups is 2. The first kappa shape index (κ1) is 16.1. The summed E-state index contributed by atoms with van der Waals surface area (Å²) in [6, 6.07) is 0.314. The highest BCUT2D eigenvalue weighted by Gasteiger charge is 2.67. The number of likely N-dealkylation sites (tertiary alicyclic amines) is 1. The average Bonchev–Trinajstić information content (AvgIpc) is 3.22. The van der Waals surface area contributed by atoms with Crippen LogP contribution in [0.1, 0.15) is 46.0 Å². The summed E-state index contributed by atoms with van der Waals surface area (Å²) in [5, 5.41) is 0. The fraction of sp³-hybridized carbons (Fsp3) is 0.789. The maximum absolute atomic E-state index is 13.1. The van der Waals surface area contributed by atoms with E-state index in [2.05, 4.69) is 0 Å². The Morgan fingerprint density at radius 1 is 1.38 bits per heavy atom. The minimum absolute atomic E-state index is 0.0975. The Hall–Kier alpha value is -1.36. The van der Waals surface area contributed by atoms with Crippen molar-refractivity contribution in [2.75, 3.05) is 13.2 Å².